The SMILES string of the molecule is S=c1c2ccccc2[se]n1-c1cc2ccccc2s1. The van der Waals surface area contributed by atoms with E-state index in [2.05, 4.69) is 58.2 Å². The summed E-state index contributed by atoms with van der Waals surface area (Å²) >= 11 is 7.73. The molecule has 0 bridgehead atoms. The molecule has 0 saturated carbocycles. The van der Waals surface area contributed by atoms with Gasteiger partial charge in [0.25, 0.3) is 0 Å². The third-order valence-corrected chi connectivity index (χ3v) is 7.47. The Balaban J connectivity index is 2.03. The van der Waals surface area contributed by atoms with Crippen molar-refractivity contribution in [3.63, 3.8) is 0 Å². The van der Waals surface area contributed by atoms with Crippen LogP contribution in [0.25, 0.3) is 24.7 Å². The van der Waals surface area contributed by atoms with E-state index in [-0.39, 0.29) is 14.7 Å². The summed E-state index contributed by atoms with van der Waals surface area (Å²) in [5.41, 5.74) is 0. The molecule has 0 unspecified atom stereocenters. The molecule has 4 heteroatoms. The van der Waals surface area contributed by atoms with Crippen molar-refractivity contribution in [2.45, 2.75) is 0 Å². The zero-order chi connectivity index (χ0) is 12.8. The summed E-state index contributed by atoms with van der Waals surface area (Å²) in [5, 5.41) is 3.80. The zero-order valence-electron chi connectivity index (χ0n) is 9.87. The molecule has 0 radical (unpaired) electrons. The molecule has 4 aromatic rings. The predicted molar refractivity (Wildman–Crippen MR) is 86.4 cm³/mol. The van der Waals surface area contributed by atoms with Gasteiger partial charge in [-0.3, -0.25) is 0 Å². The zero-order valence-corrected chi connectivity index (χ0v) is 13.2. The normalized spacial score (nSPS) is 11.4. The van der Waals surface area contributed by atoms with Crippen molar-refractivity contribution >= 4 is 58.0 Å². The van der Waals surface area contributed by atoms with Crippen molar-refractivity contribution in [3.8, 4) is 5.00 Å². The van der Waals surface area contributed by atoms with E-state index in [1.165, 1.54) is 24.7 Å². The van der Waals surface area contributed by atoms with Crippen molar-refractivity contribution in [3.05, 3.63) is 59.2 Å². The number of nitrogens with zero attached hydrogens (tertiary/aromatic N) is 1. The van der Waals surface area contributed by atoms with E-state index in [1.807, 2.05) is 11.3 Å². The van der Waals surface area contributed by atoms with Gasteiger partial charge < -0.3 is 0 Å². The van der Waals surface area contributed by atoms with Crippen molar-refractivity contribution in [1.82, 2.24) is 3.56 Å². The third kappa shape index (κ3) is 1.84. The Bertz CT molecular complexity index is 912. The van der Waals surface area contributed by atoms with E-state index < -0.39 is 0 Å². The molecule has 19 heavy (non-hydrogen) atoms. The van der Waals surface area contributed by atoms with Crippen molar-refractivity contribution < 1.29 is 0 Å². The number of hydrogen-bond acceptors (Lipinski definition) is 2. The molecule has 0 saturated heterocycles. The standard InChI is InChI=1S/C15H9NS2Se/c17-15-11-6-2-4-8-13(11)19-16(15)14-9-10-5-1-3-7-12(10)18-14/h1-9H. The van der Waals surface area contributed by atoms with Gasteiger partial charge in [-0.05, 0) is 0 Å². The summed E-state index contributed by atoms with van der Waals surface area (Å²) in [4.78, 5) is 0. The molecule has 1 nitrogen and oxygen atoms in total. The minimum absolute atomic E-state index is 0.272. The number of rotatable bonds is 1. The quantitative estimate of drug-likeness (QED) is 0.359. The second kappa shape index (κ2) is 4.43. The molecule has 2 aromatic heterocycles. The summed E-state index contributed by atoms with van der Waals surface area (Å²) in [6.45, 7) is 0. The van der Waals surface area contributed by atoms with Crippen LogP contribution >= 0.6 is 23.6 Å². The molecule has 0 N–H and O–H groups in total. The number of benzene rings is 2. The van der Waals surface area contributed by atoms with E-state index in [0.29, 0.717) is 0 Å². The topological polar surface area (TPSA) is 4.93 Å². The van der Waals surface area contributed by atoms with Crippen LogP contribution in [0, 0.1) is 4.64 Å². The Kier molecular flexibility index (Phi) is 2.71. The van der Waals surface area contributed by atoms with Crippen LogP contribution < -0.4 is 0 Å². The van der Waals surface area contributed by atoms with Gasteiger partial charge in [0, 0.05) is 0 Å². The van der Waals surface area contributed by atoms with Crippen LogP contribution in [0.4, 0.5) is 0 Å². The van der Waals surface area contributed by atoms with Crippen LogP contribution in [0.1, 0.15) is 0 Å². The molecule has 0 amide bonds. The predicted octanol–water partition coefficient (Wildman–Crippen LogP) is 4.63. The average Bonchev–Trinajstić information content (AvgIpc) is 3.00. The molecule has 2 heterocycles. The fourth-order valence-electron chi connectivity index (χ4n) is 2.19. The van der Waals surface area contributed by atoms with Crippen LogP contribution in [0.3, 0.4) is 0 Å². The van der Waals surface area contributed by atoms with E-state index in [4.69, 9.17) is 12.2 Å². The van der Waals surface area contributed by atoms with Gasteiger partial charge in [0.1, 0.15) is 0 Å². The molecule has 92 valence electrons. The van der Waals surface area contributed by atoms with Gasteiger partial charge in [-0.15, -0.1) is 0 Å². The van der Waals surface area contributed by atoms with E-state index in [0.717, 1.165) is 4.64 Å². The van der Waals surface area contributed by atoms with Crippen LogP contribution in [0.2, 0.25) is 0 Å². The average molecular weight is 346 g/mol. The molecular weight excluding hydrogens is 337 g/mol. The van der Waals surface area contributed by atoms with E-state index in [1.54, 1.807) is 0 Å². The fraction of sp³-hybridized carbons (Fsp3) is 0. The van der Waals surface area contributed by atoms with Gasteiger partial charge in [-0.1, -0.05) is 0 Å². The molecule has 0 spiro atoms. The molecule has 0 aliphatic carbocycles. The van der Waals surface area contributed by atoms with Gasteiger partial charge in [0.15, 0.2) is 0 Å². The maximum absolute atomic E-state index is 5.63. The Morgan fingerprint density at radius 2 is 1.79 bits per heavy atom. The van der Waals surface area contributed by atoms with Crippen LogP contribution in [-0.4, -0.2) is 18.3 Å². The monoisotopic (exact) mass is 347 g/mol. The van der Waals surface area contributed by atoms with Gasteiger partial charge >= 0.3 is 126 Å². The maximum atomic E-state index is 5.63. The Labute approximate surface area is 125 Å². The molecule has 2 aromatic carbocycles. The van der Waals surface area contributed by atoms with E-state index in [9.17, 15) is 0 Å². The van der Waals surface area contributed by atoms with Crippen molar-refractivity contribution in [1.29, 1.82) is 0 Å². The summed E-state index contributed by atoms with van der Waals surface area (Å²) in [7, 11) is 0. The molecule has 0 aliphatic rings. The third-order valence-electron chi connectivity index (χ3n) is 3.10. The molecule has 0 fully saturated rings. The Hall–Kier alpha value is -1.19. The molecule has 4 rings (SSSR count). The first kappa shape index (κ1) is 11.6. The van der Waals surface area contributed by atoms with Gasteiger partial charge in [0.2, 0.25) is 0 Å². The Morgan fingerprint density at radius 1 is 1.00 bits per heavy atom. The molecule has 0 aliphatic heterocycles. The van der Waals surface area contributed by atoms with E-state index >= 15 is 0 Å². The summed E-state index contributed by atoms with van der Waals surface area (Å²) in [5.74, 6) is 0. The van der Waals surface area contributed by atoms with Gasteiger partial charge in [-0.25, -0.2) is 0 Å². The molecule has 0 atom stereocenters. The summed E-state index contributed by atoms with van der Waals surface area (Å²) < 4.78 is 5.99. The second-order valence-corrected chi connectivity index (χ2v) is 7.83. The number of fused-ring (bicyclic) bond motifs is 2. The first-order valence-corrected chi connectivity index (χ1v) is 8.78. The van der Waals surface area contributed by atoms with Gasteiger partial charge in [-0.2, -0.15) is 0 Å². The number of hydrogen-bond donors (Lipinski definition) is 0. The van der Waals surface area contributed by atoms with Crippen LogP contribution in [0.5, 0.6) is 0 Å². The van der Waals surface area contributed by atoms with Crippen molar-refractivity contribution in [2.24, 2.45) is 0 Å². The van der Waals surface area contributed by atoms with Crippen LogP contribution in [-0.2, 0) is 0 Å². The Morgan fingerprint density at radius 3 is 2.63 bits per heavy atom. The van der Waals surface area contributed by atoms with Crippen molar-refractivity contribution in [2.75, 3.05) is 0 Å². The van der Waals surface area contributed by atoms with Gasteiger partial charge in [0.05, 0.1) is 0 Å². The number of aromatic nitrogens is 1. The number of thiophene rings is 1. The minimum atomic E-state index is 0.272. The summed E-state index contributed by atoms with van der Waals surface area (Å²) in [6, 6.07) is 19.2. The second-order valence-electron chi connectivity index (χ2n) is 4.31. The first-order chi connectivity index (χ1) is 9.33. The van der Waals surface area contributed by atoms with Crippen LogP contribution in [0.15, 0.2) is 54.6 Å². The first-order valence-electron chi connectivity index (χ1n) is 5.93. The molecular formula is C15H9NS2Se. The summed E-state index contributed by atoms with van der Waals surface area (Å²) in [6.07, 6.45) is 0. The fourth-order valence-corrected chi connectivity index (χ4v) is 6.20.